The number of halogens is 3. The van der Waals surface area contributed by atoms with Crippen LogP contribution in [0.3, 0.4) is 0 Å². The largest absolute Gasteiger partial charge is 0.394 e. The van der Waals surface area contributed by atoms with E-state index in [1.54, 1.807) is 0 Å². The van der Waals surface area contributed by atoms with Crippen molar-refractivity contribution in [2.24, 2.45) is 5.92 Å². The SMILES string of the molecule is O=[S@]1CC(F)(F)c2nc(N3CC4CC3CC4c3ccc(Cl)cc3)nc(NC3(CO)CCC3)c21. The van der Waals surface area contributed by atoms with Crippen molar-refractivity contribution in [3.05, 3.63) is 40.5 Å². The molecule has 4 aliphatic rings. The molecule has 2 N–H and O–H groups in total. The molecule has 2 saturated carbocycles. The number of hydrogen-bond donors (Lipinski definition) is 2. The quantitative estimate of drug-likeness (QED) is 0.653. The van der Waals surface area contributed by atoms with Crippen molar-refractivity contribution in [3.8, 4) is 0 Å². The fourth-order valence-corrected chi connectivity index (χ4v) is 7.37. The average Bonchev–Trinajstić information content (AvgIpc) is 3.42. The zero-order valence-electron chi connectivity index (χ0n) is 17.9. The Labute approximate surface area is 198 Å². The minimum Gasteiger partial charge on any atom is -0.394 e. The second-order valence-electron chi connectivity index (χ2n) is 9.86. The van der Waals surface area contributed by atoms with Crippen molar-refractivity contribution in [2.75, 3.05) is 29.1 Å². The lowest BCUT2D eigenvalue weighted by molar-refractivity contribution is 0.0191. The lowest BCUT2D eigenvalue weighted by Gasteiger charge is -2.42. The molecule has 1 aromatic carbocycles. The number of piperidine rings is 1. The zero-order valence-corrected chi connectivity index (χ0v) is 19.5. The standard InChI is InChI=1S/C23H25ClF2N4O2S/c24-15-4-2-13(3-5-15)17-9-16-8-14(17)10-30(16)21-27-19-18(33(32)12-23(19,25)26)20(28-21)29-22(11-31)6-1-7-22/h2-5,14,16-17,31H,1,6-12H2,(H,27,28,29)/t14?,16?,17?,33-/m0/s1. The summed E-state index contributed by atoms with van der Waals surface area (Å²) < 4.78 is 42.1. The number of fused-ring (bicyclic) bond motifs is 3. The molecule has 1 aromatic heterocycles. The first-order chi connectivity index (χ1) is 15.8. The van der Waals surface area contributed by atoms with Crippen LogP contribution in [-0.2, 0) is 16.7 Å². The predicted molar refractivity (Wildman–Crippen MR) is 123 cm³/mol. The number of nitrogens with one attached hydrogen (secondary N) is 1. The summed E-state index contributed by atoms with van der Waals surface area (Å²) in [6, 6.07) is 8.10. The third-order valence-corrected chi connectivity index (χ3v) is 9.55. The maximum Gasteiger partial charge on any atom is 0.302 e. The van der Waals surface area contributed by atoms with Gasteiger partial charge in [0, 0.05) is 17.6 Å². The maximum atomic E-state index is 14.8. The molecule has 3 heterocycles. The second-order valence-corrected chi connectivity index (χ2v) is 11.7. The molecule has 2 aromatic rings. The van der Waals surface area contributed by atoms with Crippen LogP contribution in [0.2, 0.25) is 5.02 Å². The molecule has 2 aliphatic heterocycles. The number of nitrogens with zero attached hydrogens (tertiary/aromatic N) is 3. The van der Waals surface area contributed by atoms with E-state index in [-0.39, 0.29) is 29.3 Å². The molecule has 33 heavy (non-hydrogen) atoms. The molecule has 2 aliphatic carbocycles. The van der Waals surface area contributed by atoms with Crippen LogP contribution in [-0.4, -0.2) is 49.8 Å². The fraction of sp³-hybridized carbons (Fsp3) is 0.565. The van der Waals surface area contributed by atoms with E-state index < -0.39 is 33.7 Å². The van der Waals surface area contributed by atoms with Gasteiger partial charge in [0.1, 0.15) is 16.4 Å². The Morgan fingerprint density at radius 2 is 1.97 bits per heavy atom. The summed E-state index contributed by atoms with van der Waals surface area (Å²) >= 11 is 6.04. The highest BCUT2D eigenvalue weighted by atomic mass is 35.5. The number of benzene rings is 1. The van der Waals surface area contributed by atoms with Crippen LogP contribution < -0.4 is 10.2 Å². The van der Waals surface area contributed by atoms with Gasteiger partial charge < -0.3 is 15.3 Å². The highest BCUT2D eigenvalue weighted by molar-refractivity contribution is 7.85. The normalized spacial score (nSPS) is 30.8. The van der Waals surface area contributed by atoms with Gasteiger partial charge in [0.05, 0.1) is 28.7 Å². The third kappa shape index (κ3) is 3.46. The predicted octanol–water partition coefficient (Wildman–Crippen LogP) is 4.05. The van der Waals surface area contributed by atoms with Crippen molar-refractivity contribution in [3.63, 3.8) is 0 Å². The van der Waals surface area contributed by atoms with E-state index in [4.69, 9.17) is 11.6 Å². The van der Waals surface area contributed by atoms with Crippen LogP contribution in [0.15, 0.2) is 29.2 Å². The number of anilines is 2. The molecule has 3 unspecified atom stereocenters. The van der Waals surface area contributed by atoms with Gasteiger partial charge in [-0.2, -0.15) is 13.8 Å². The summed E-state index contributed by atoms with van der Waals surface area (Å²) in [5, 5.41) is 13.8. The molecule has 1 saturated heterocycles. The smallest absolute Gasteiger partial charge is 0.302 e. The Balaban J connectivity index is 1.33. The van der Waals surface area contributed by atoms with Crippen molar-refractivity contribution >= 4 is 34.2 Å². The van der Waals surface area contributed by atoms with Crippen LogP contribution in [0.1, 0.15) is 49.3 Å². The van der Waals surface area contributed by atoms with E-state index in [1.165, 1.54) is 5.56 Å². The summed E-state index contributed by atoms with van der Waals surface area (Å²) in [4.78, 5) is 10.9. The molecule has 4 atom stereocenters. The van der Waals surface area contributed by atoms with Crippen LogP contribution >= 0.6 is 11.6 Å². The molecule has 10 heteroatoms. The Bertz CT molecular complexity index is 1120. The first kappa shape index (κ1) is 21.7. The first-order valence-electron chi connectivity index (χ1n) is 11.4. The molecule has 2 bridgehead atoms. The topological polar surface area (TPSA) is 78.4 Å². The monoisotopic (exact) mass is 494 g/mol. The molecule has 3 fully saturated rings. The van der Waals surface area contributed by atoms with Crippen LogP contribution in [0.4, 0.5) is 20.5 Å². The van der Waals surface area contributed by atoms with E-state index in [0.29, 0.717) is 23.4 Å². The van der Waals surface area contributed by atoms with Gasteiger partial charge in [0.15, 0.2) is 0 Å². The number of rotatable bonds is 5. The van der Waals surface area contributed by atoms with Gasteiger partial charge in [-0.15, -0.1) is 0 Å². The molecular weight excluding hydrogens is 470 g/mol. The van der Waals surface area contributed by atoms with Gasteiger partial charge in [-0.05, 0) is 61.6 Å². The molecule has 0 spiro atoms. The van der Waals surface area contributed by atoms with E-state index in [9.17, 15) is 18.1 Å². The van der Waals surface area contributed by atoms with Crippen molar-refractivity contribution in [1.29, 1.82) is 0 Å². The molecule has 6 nitrogen and oxygen atoms in total. The molecule has 176 valence electrons. The number of hydrogen-bond acceptors (Lipinski definition) is 6. The molecular formula is C23H25ClF2N4O2S. The number of aliphatic hydroxyl groups excluding tert-OH is 1. The van der Waals surface area contributed by atoms with Crippen LogP contribution in [0.5, 0.6) is 0 Å². The Hall–Kier alpha value is -1.84. The number of aromatic nitrogens is 2. The van der Waals surface area contributed by atoms with Gasteiger partial charge in [0.25, 0.3) is 0 Å². The number of aliphatic hydroxyl groups is 1. The van der Waals surface area contributed by atoms with Crippen molar-refractivity contribution in [1.82, 2.24) is 9.97 Å². The van der Waals surface area contributed by atoms with Gasteiger partial charge >= 0.3 is 5.92 Å². The summed E-state index contributed by atoms with van der Waals surface area (Å²) in [6.45, 7) is 0.567. The second kappa shape index (κ2) is 7.58. The Morgan fingerprint density at radius 3 is 2.58 bits per heavy atom. The van der Waals surface area contributed by atoms with Gasteiger partial charge in [-0.1, -0.05) is 23.7 Å². The van der Waals surface area contributed by atoms with Gasteiger partial charge in [-0.25, -0.2) is 4.98 Å². The van der Waals surface area contributed by atoms with E-state index in [2.05, 4.69) is 27.4 Å². The highest BCUT2D eigenvalue weighted by Gasteiger charge is 2.51. The van der Waals surface area contributed by atoms with E-state index in [1.807, 2.05) is 17.0 Å². The van der Waals surface area contributed by atoms with E-state index >= 15 is 0 Å². The van der Waals surface area contributed by atoms with Crippen molar-refractivity contribution in [2.45, 2.75) is 60.4 Å². The number of alkyl halides is 2. The Morgan fingerprint density at radius 1 is 1.21 bits per heavy atom. The van der Waals surface area contributed by atoms with Gasteiger partial charge in [0.2, 0.25) is 5.95 Å². The van der Waals surface area contributed by atoms with E-state index in [0.717, 1.165) is 32.1 Å². The van der Waals surface area contributed by atoms with Gasteiger partial charge in [-0.3, -0.25) is 4.21 Å². The maximum absolute atomic E-state index is 14.8. The van der Waals surface area contributed by atoms with Crippen LogP contribution in [0.25, 0.3) is 0 Å². The fourth-order valence-electron chi connectivity index (χ4n) is 5.91. The third-order valence-electron chi connectivity index (χ3n) is 7.83. The lowest BCUT2D eigenvalue weighted by Crippen LogP contribution is -2.49. The lowest BCUT2D eigenvalue weighted by atomic mass is 9.77. The average molecular weight is 495 g/mol. The summed E-state index contributed by atoms with van der Waals surface area (Å²) in [7, 11) is -1.89. The zero-order chi connectivity index (χ0) is 23.0. The minimum absolute atomic E-state index is 0.00753. The Kier molecular flexibility index (Phi) is 4.98. The van der Waals surface area contributed by atoms with Crippen LogP contribution in [0, 0.1) is 5.92 Å². The summed E-state index contributed by atoms with van der Waals surface area (Å²) in [5.74, 6) is -2.79. The summed E-state index contributed by atoms with van der Waals surface area (Å²) in [5.41, 5.74) is 0.226. The molecule has 0 amide bonds. The first-order valence-corrected chi connectivity index (χ1v) is 13.1. The molecule has 6 rings (SSSR count). The van der Waals surface area contributed by atoms with Crippen molar-refractivity contribution < 1.29 is 18.1 Å². The molecule has 0 radical (unpaired) electrons. The highest BCUT2D eigenvalue weighted by Crippen LogP contribution is 2.50. The minimum atomic E-state index is -3.26. The summed E-state index contributed by atoms with van der Waals surface area (Å²) in [6.07, 6.45) is 4.24.